The number of aryl methyl sites for hydroxylation is 2. The third kappa shape index (κ3) is 7.87. The minimum Gasteiger partial charge on any atom is -0.490 e. The number of nitrogens with zero attached hydrogens (tertiary/aromatic N) is 5. The van der Waals surface area contributed by atoms with Gasteiger partial charge in [0.2, 0.25) is 0 Å². The van der Waals surface area contributed by atoms with Crippen molar-refractivity contribution in [2.75, 3.05) is 89.9 Å². The molecule has 0 aromatic heterocycles. The third-order valence-electron chi connectivity index (χ3n) is 14.1. The number of amides is 3. The summed E-state index contributed by atoms with van der Waals surface area (Å²) in [4.78, 5) is 37.0. The number of piperazine rings is 1. The van der Waals surface area contributed by atoms with Crippen LogP contribution in [0.1, 0.15) is 66.1 Å². The lowest BCUT2D eigenvalue weighted by atomic mass is 9.68. The molecule has 308 valence electrons. The zero-order valence-corrected chi connectivity index (χ0v) is 34.7. The second-order valence-corrected chi connectivity index (χ2v) is 20.0. The Kier molecular flexibility index (Phi) is 10.9. The van der Waals surface area contributed by atoms with E-state index in [-0.39, 0.29) is 29.2 Å². The molecule has 4 fully saturated rings. The van der Waals surface area contributed by atoms with Gasteiger partial charge in [0, 0.05) is 82.5 Å². The van der Waals surface area contributed by atoms with Crippen molar-refractivity contribution >= 4 is 27.5 Å². The standard InChI is InChI=1S/C44H60N6O6S/c1-30-9-13-38-32(20-30)7-5-15-44(38)28-50-22-34-10-12-37(34)40(54-3)8-4-6-31(2)27-57(53,45-42(51)33-11-14-41(56-29-44)39(50)21-33)46-43(52)49-23-35(24-49)48-17-16-47-18-19-55-26-36(47)25-48/h4,8-9,11,13-14,20-21,31,34-37,40H,5-7,10,12,15-19,22-29H2,1-3H3,(H,45,46,51,52,53)/b8-4+/t31-,34-,36-,37+,40-,44-,57?/m0/s1. The lowest BCUT2D eigenvalue weighted by molar-refractivity contribution is -0.0665. The molecular formula is C44H60N6O6S. The number of hydrogen-bond acceptors (Lipinski definition) is 9. The van der Waals surface area contributed by atoms with Crippen LogP contribution in [0.5, 0.6) is 5.75 Å². The number of benzene rings is 2. The number of fused-ring (bicyclic) bond motifs is 5. The number of allylic oxidation sites excluding steroid dienone is 1. The number of hydrogen-bond donors (Lipinski definition) is 1. The first-order valence-corrected chi connectivity index (χ1v) is 23.0. The summed E-state index contributed by atoms with van der Waals surface area (Å²) in [5.74, 6) is 0.879. The van der Waals surface area contributed by atoms with Crippen LogP contribution in [0, 0.1) is 24.7 Å². The maximum absolute atomic E-state index is 14.8. The topological polar surface area (TPSA) is 116 Å². The Morgan fingerprint density at radius 2 is 1.89 bits per heavy atom. The van der Waals surface area contributed by atoms with E-state index in [2.05, 4.69) is 61.1 Å². The predicted octanol–water partition coefficient (Wildman–Crippen LogP) is 5.04. The zero-order valence-electron chi connectivity index (χ0n) is 33.9. The van der Waals surface area contributed by atoms with Crippen LogP contribution in [0.2, 0.25) is 0 Å². The third-order valence-corrected chi connectivity index (χ3v) is 16.1. The van der Waals surface area contributed by atoms with E-state index >= 15 is 0 Å². The van der Waals surface area contributed by atoms with E-state index in [0.29, 0.717) is 49.6 Å². The number of anilines is 1. The molecule has 5 aliphatic heterocycles. The Morgan fingerprint density at radius 3 is 2.72 bits per heavy atom. The molecule has 3 amide bonds. The fourth-order valence-corrected chi connectivity index (χ4v) is 12.6. The summed E-state index contributed by atoms with van der Waals surface area (Å²) in [7, 11) is -1.69. The maximum Gasteiger partial charge on any atom is 0.329 e. The van der Waals surface area contributed by atoms with Gasteiger partial charge in [-0.3, -0.25) is 19.3 Å². The molecule has 7 atom stereocenters. The van der Waals surface area contributed by atoms with Crippen molar-refractivity contribution in [3.8, 4) is 5.75 Å². The van der Waals surface area contributed by atoms with Crippen LogP contribution in [0.4, 0.5) is 10.5 Å². The number of morpholine rings is 1. The molecule has 3 saturated heterocycles. The number of methoxy groups -OCH3 is 1. The molecule has 2 aromatic rings. The number of urea groups is 1. The number of rotatable bonds is 3. The number of ether oxygens (including phenoxy) is 3. The first-order valence-electron chi connectivity index (χ1n) is 21.3. The van der Waals surface area contributed by atoms with Gasteiger partial charge in [0.1, 0.15) is 15.7 Å². The van der Waals surface area contributed by atoms with Gasteiger partial charge in [0.05, 0.1) is 37.4 Å². The summed E-state index contributed by atoms with van der Waals surface area (Å²) in [5, 5.41) is 0. The van der Waals surface area contributed by atoms with Crippen LogP contribution in [0.3, 0.4) is 0 Å². The molecule has 5 heterocycles. The quantitative estimate of drug-likeness (QED) is 0.427. The lowest BCUT2D eigenvalue weighted by Crippen LogP contribution is -2.68. The molecule has 12 nitrogen and oxygen atoms in total. The van der Waals surface area contributed by atoms with E-state index in [1.165, 1.54) is 16.7 Å². The van der Waals surface area contributed by atoms with Crippen molar-refractivity contribution in [3.63, 3.8) is 0 Å². The molecule has 9 rings (SSSR count). The average Bonchev–Trinajstić information content (AvgIpc) is 3.31. The highest BCUT2D eigenvalue weighted by atomic mass is 32.2. The fourth-order valence-electron chi connectivity index (χ4n) is 10.7. The molecule has 1 saturated carbocycles. The summed E-state index contributed by atoms with van der Waals surface area (Å²) in [6, 6.07) is 12.6. The molecule has 2 aliphatic carbocycles. The van der Waals surface area contributed by atoms with E-state index in [0.717, 1.165) is 96.0 Å². The number of likely N-dealkylation sites (tertiary alicyclic amines) is 1. The smallest absolute Gasteiger partial charge is 0.329 e. The highest BCUT2D eigenvalue weighted by molar-refractivity contribution is 7.92. The van der Waals surface area contributed by atoms with Crippen molar-refractivity contribution < 1.29 is 28.0 Å². The van der Waals surface area contributed by atoms with E-state index in [9.17, 15) is 13.8 Å². The predicted molar refractivity (Wildman–Crippen MR) is 221 cm³/mol. The Morgan fingerprint density at radius 1 is 1.04 bits per heavy atom. The Balaban J connectivity index is 0.999. The average molecular weight is 801 g/mol. The van der Waals surface area contributed by atoms with Crippen LogP contribution in [0.15, 0.2) is 52.9 Å². The lowest BCUT2D eigenvalue weighted by Gasteiger charge is -2.51. The van der Waals surface area contributed by atoms with Crippen LogP contribution in [0.25, 0.3) is 0 Å². The van der Waals surface area contributed by atoms with Gasteiger partial charge >= 0.3 is 6.03 Å². The molecule has 1 spiro atoms. The Hall–Kier alpha value is -3.49. The number of carbonyl (C=O) groups excluding carboxylic acids is 2. The van der Waals surface area contributed by atoms with Gasteiger partial charge in [-0.15, -0.1) is 4.36 Å². The summed E-state index contributed by atoms with van der Waals surface area (Å²) < 4.78 is 40.6. The van der Waals surface area contributed by atoms with E-state index < -0.39 is 21.9 Å². The van der Waals surface area contributed by atoms with Crippen LogP contribution >= 0.6 is 0 Å². The molecule has 57 heavy (non-hydrogen) atoms. The highest BCUT2D eigenvalue weighted by Crippen LogP contribution is 2.47. The maximum atomic E-state index is 14.8. The van der Waals surface area contributed by atoms with Crippen molar-refractivity contribution in [2.45, 2.75) is 76.0 Å². The monoisotopic (exact) mass is 800 g/mol. The Bertz CT molecular complexity index is 2010. The molecule has 2 bridgehead atoms. The largest absolute Gasteiger partial charge is 0.490 e. The van der Waals surface area contributed by atoms with Gasteiger partial charge in [-0.2, -0.15) is 0 Å². The van der Waals surface area contributed by atoms with Crippen molar-refractivity contribution in [1.29, 1.82) is 0 Å². The normalized spacial score (nSPS) is 34.3. The molecule has 1 unspecified atom stereocenters. The van der Waals surface area contributed by atoms with Crippen molar-refractivity contribution in [3.05, 3.63) is 70.8 Å². The van der Waals surface area contributed by atoms with Crippen LogP contribution in [-0.4, -0.2) is 134 Å². The first-order chi connectivity index (χ1) is 27.6. The van der Waals surface area contributed by atoms with Gasteiger partial charge in [-0.25, -0.2) is 9.00 Å². The highest BCUT2D eigenvalue weighted by Gasteiger charge is 2.45. The minimum absolute atomic E-state index is 0.0338. The summed E-state index contributed by atoms with van der Waals surface area (Å²) in [6.45, 7) is 12.8. The summed E-state index contributed by atoms with van der Waals surface area (Å²) >= 11 is 0. The fraction of sp³-hybridized carbons (Fsp3) is 0.636. The number of carbonyl (C=O) groups is 2. The minimum atomic E-state index is -3.48. The van der Waals surface area contributed by atoms with Gasteiger partial charge < -0.3 is 24.0 Å². The zero-order chi connectivity index (χ0) is 39.3. The van der Waals surface area contributed by atoms with Gasteiger partial charge in [0.25, 0.3) is 5.91 Å². The second kappa shape index (κ2) is 15.9. The van der Waals surface area contributed by atoms with Gasteiger partial charge in [0.15, 0.2) is 0 Å². The van der Waals surface area contributed by atoms with Crippen LogP contribution in [-0.2, 0) is 31.2 Å². The Labute approximate surface area is 338 Å². The van der Waals surface area contributed by atoms with Gasteiger partial charge in [-0.1, -0.05) is 42.8 Å². The molecule has 7 aliphatic rings. The SMILES string of the molecule is CO[C@H]1/C=C/C[C@H](C)CS(=O)(NC(=O)N2CC(N3CCN4CCOC[C@@H]4C3)C2)=NC(=O)c2ccc3c(c2)N(C[C@@H]2CC[C@H]21)C[C@@]1(CCCc2cc(C)ccc21)CO3. The molecule has 13 heteroatoms. The summed E-state index contributed by atoms with van der Waals surface area (Å²) in [5.41, 5.74) is 5.06. The second-order valence-electron chi connectivity index (χ2n) is 18.0. The van der Waals surface area contributed by atoms with E-state index in [1.54, 1.807) is 18.1 Å². The van der Waals surface area contributed by atoms with Crippen LogP contribution < -0.4 is 14.4 Å². The van der Waals surface area contributed by atoms with E-state index in [4.69, 9.17) is 14.2 Å². The van der Waals surface area contributed by atoms with Gasteiger partial charge in [-0.05, 0) is 92.5 Å². The molecule has 2 aromatic carbocycles. The number of nitrogens with one attached hydrogen (secondary N) is 1. The summed E-state index contributed by atoms with van der Waals surface area (Å²) in [6.07, 6.45) is 10.3. The molecular weight excluding hydrogens is 741 g/mol. The van der Waals surface area contributed by atoms with E-state index in [1.807, 2.05) is 19.1 Å². The van der Waals surface area contributed by atoms with Crippen molar-refractivity contribution in [2.24, 2.45) is 22.1 Å². The first kappa shape index (κ1) is 39.0. The molecule has 1 N–H and O–H groups in total. The van der Waals surface area contributed by atoms with Crippen molar-refractivity contribution in [1.82, 2.24) is 19.4 Å². The molecule has 0 radical (unpaired) electrons.